The molecule has 0 fully saturated rings. The maximum Gasteiger partial charge on any atom is 0.391 e. The molecule has 0 atom stereocenters. The maximum absolute atomic E-state index is 11.9. The molecule has 0 unspecified atom stereocenters. The van der Waals surface area contributed by atoms with Gasteiger partial charge in [-0.3, -0.25) is 0 Å². The van der Waals surface area contributed by atoms with Gasteiger partial charge in [-0.25, -0.2) is 0 Å². The molecule has 11 heavy (non-hydrogen) atoms. The van der Waals surface area contributed by atoms with E-state index in [1.54, 1.807) is 0 Å². The second-order valence-corrected chi connectivity index (χ2v) is 3.92. The van der Waals surface area contributed by atoms with E-state index in [4.69, 9.17) is 0 Å². The Bertz CT molecular complexity index is 129. The summed E-state index contributed by atoms with van der Waals surface area (Å²) in [5.41, 5.74) is 0. The van der Waals surface area contributed by atoms with E-state index >= 15 is 0 Å². The molecular weight excluding hydrogens is 357 g/mol. The fourth-order valence-corrected chi connectivity index (χ4v) is 1.12. The first-order chi connectivity index (χ1) is 4.50. The average Bonchev–Trinajstić information content (AvgIpc) is 1.58. The molecule has 0 N–H and O–H groups in total. The Labute approximate surface area is 79.6 Å². The van der Waals surface area contributed by atoms with Crippen LogP contribution in [0.3, 0.4) is 0 Å². The molecule has 8 heteroatoms. The van der Waals surface area contributed by atoms with Gasteiger partial charge in [0.05, 0.1) is 0 Å². The highest BCUT2D eigenvalue weighted by atomic mass is 127. The van der Waals surface area contributed by atoms with Crippen molar-refractivity contribution in [1.29, 1.82) is 0 Å². The number of rotatable bonds is 2. The van der Waals surface area contributed by atoms with Crippen molar-refractivity contribution in [3.8, 4) is 0 Å². The third kappa shape index (κ3) is 2.36. The fourth-order valence-electron chi connectivity index (χ4n) is 0.161. The first-order valence-corrected chi connectivity index (χ1v) is 3.88. The molecule has 0 rings (SSSR count). The van der Waals surface area contributed by atoms with E-state index in [1.807, 2.05) is 0 Å². The minimum atomic E-state index is -5.39. The molecule has 68 valence electrons. The van der Waals surface area contributed by atoms with Gasteiger partial charge in [-0.05, 0) is 15.9 Å². The van der Waals surface area contributed by atoms with Gasteiger partial charge in [0.15, 0.2) is 0 Å². The Balaban J connectivity index is 4.75. The van der Waals surface area contributed by atoms with Gasteiger partial charge in [0.25, 0.3) is 0 Å². The number of hydrogen-bond acceptors (Lipinski definition) is 0. The van der Waals surface area contributed by atoms with Crippen molar-refractivity contribution in [3.05, 3.63) is 0 Å². The highest BCUT2D eigenvalue weighted by molar-refractivity contribution is 14.1. The van der Waals surface area contributed by atoms with E-state index in [0.717, 1.165) is 0 Å². The average molecular weight is 357 g/mol. The molecule has 0 heterocycles. The van der Waals surface area contributed by atoms with Crippen LogP contribution in [0.2, 0.25) is 0 Å². The van der Waals surface area contributed by atoms with Crippen LogP contribution in [0.5, 0.6) is 0 Å². The largest absolute Gasteiger partial charge is 0.391 e. The maximum atomic E-state index is 11.9. The highest BCUT2D eigenvalue weighted by Crippen LogP contribution is 2.51. The molecule has 0 saturated heterocycles. The second-order valence-electron chi connectivity index (χ2n) is 1.57. The van der Waals surface area contributed by atoms with Gasteiger partial charge >= 0.3 is 14.7 Å². The van der Waals surface area contributed by atoms with Crippen molar-refractivity contribution in [2.75, 3.05) is 0 Å². The standard InChI is InChI=1S/C3BrF6I/c4-2(7,8)1(5,6)3(9,10)11. The molecule has 0 bridgehead atoms. The summed E-state index contributed by atoms with van der Waals surface area (Å²) in [6.45, 7) is 0. The number of alkyl halides is 8. The molecule has 0 aromatic rings. The van der Waals surface area contributed by atoms with Crippen LogP contribution in [0.15, 0.2) is 0 Å². The van der Waals surface area contributed by atoms with Crippen molar-refractivity contribution >= 4 is 38.5 Å². The van der Waals surface area contributed by atoms with Crippen molar-refractivity contribution in [2.45, 2.75) is 14.7 Å². The molecule has 0 aliphatic carbocycles. The topological polar surface area (TPSA) is 0 Å². The molecule has 0 aromatic heterocycles. The van der Waals surface area contributed by atoms with E-state index in [2.05, 4.69) is 0 Å². The van der Waals surface area contributed by atoms with Gasteiger partial charge in [0.1, 0.15) is 0 Å². The summed E-state index contributed by atoms with van der Waals surface area (Å²) in [6.07, 6.45) is 0. The lowest BCUT2D eigenvalue weighted by Gasteiger charge is -2.25. The summed E-state index contributed by atoms with van der Waals surface area (Å²) in [5.74, 6) is -5.39. The minimum Gasteiger partial charge on any atom is -0.191 e. The van der Waals surface area contributed by atoms with Gasteiger partial charge in [0.2, 0.25) is 0 Å². The predicted octanol–water partition coefficient (Wildman–Crippen LogP) is 3.64. The zero-order chi connectivity index (χ0) is 9.50. The van der Waals surface area contributed by atoms with Gasteiger partial charge in [0, 0.05) is 22.6 Å². The van der Waals surface area contributed by atoms with Gasteiger partial charge in [-0.1, -0.05) is 0 Å². The summed E-state index contributed by atoms with van der Waals surface area (Å²) in [4.78, 5) is -4.90. The summed E-state index contributed by atoms with van der Waals surface area (Å²) in [5, 5.41) is 0. The van der Waals surface area contributed by atoms with Crippen LogP contribution < -0.4 is 0 Å². The van der Waals surface area contributed by atoms with Crippen LogP contribution in [0.4, 0.5) is 26.3 Å². The van der Waals surface area contributed by atoms with Crippen molar-refractivity contribution in [3.63, 3.8) is 0 Å². The van der Waals surface area contributed by atoms with Crippen LogP contribution >= 0.6 is 38.5 Å². The smallest absolute Gasteiger partial charge is 0.191 e. The summed E-state index contributed by atoms with van der Waals surface area (Å²) >= 11 is 1.12. The van der Waals surface area contributed by atoms with Crippen LogP contribution in [0.1, 0.15) is 0 Å². The quantitative estimate of drug-likeness (QED) is 0.402. The molecule has 0 saturated carbocycles. The number of halogens is 8. The zero-order valence-corrected chi connectivity index (χ0v) is 8.27. The fraction of sp³-hybridized carbons (Fsp3) is 1.00. The summed E-state index contributed by atoms with van der Waals surface area (Å²) < 4.78 is 65.8. The highest BCUT2D eigenvalue weighted by Gasteiger charge is 2.69. The molecule has 0 amide bonds. The predicted molar refractivity (Wildman–Crippen MR) is 37.8 cm³/mol. The Morgan fingerprint density at radius 3 is 1.18 bits per heavy atom. The third-order valence-electron chi connectivity index (χ3n) is 0.712. The van der Waals surface area contributed by atoms with Gasteiger partial charge in [-0.15, -0.1) is 0 Å². The van der Waals surface area contributed by atoms with Crippen LogP contribution in [0, 0.1) is 0 Å². The Morgan fingerprint density at radius 1 is 0.909 bits per heavy atom. The SMILES string of the molecule is FC(F)(Br)C(F)(F)C(F)(F)I. The first kappa shape index (κ1) is 11.8. The first-order valence-electron chi connectivity index (χ1n) is 2.01. The van der Waals surface area contributed by atoms with E-state index in [0.29, 0.717) is 0 Å². The van der Waals surface area contributed by atoms with Crippen LogP contribution in [0.25, 0.3) is 0 Å². The molecular formula is C3BrF6I. The van der Waals surface area contributed by atoms with Crippen LogP contribution in [-0.2, 0) is 0 Å². The van der Waals surface area contributed by atoms with E-state index in [9.17, 15) is 26.3 Å². The van der Waals surface area contributed by atoms with Crippen LogP contribution in [-0.4, -0.2) is 14.7 Å². The minimum absolute atomic E-state index is 0.0487. The van der Waals surface area contributed by atoms with E-state index in [1.165, 1.54) is 15.9 Å². The van der Waals surface area contributed by atoms with Crippen molar-refractivity contribution in [2.24, 2.45) is 0 Å². The zero-order valence-electron chi connectivity index (χ0n) is 4.52. The molecule has 0 spiro atoms. The van der Waals surface area contributed by atoms with E-state index in [-0.39, 0.29) is 22.6 Å². The lowest BCUT2D eigenvalue weighted by Crippen LogP contribution is -2.47. The Hall–Kier alpha value is 0.790. The third-order valence-corrected chi connectivity index (χ3v) is 1.89. The lowest BCUT2D eigenvalue weighted by atomic mass is 10.4. The monoisotopic (exact) mass is 356 g/mol. The molecule has 0 radical (unpaired) electrons. The normalized spacial score (nSPS) is 15.3. The lowest BCUT2D eigenvalue weighted by molar-refractivity contribution is -0.226. The molecule has 0 aliphatic rings. The van der Waals surface area contributed by atoms with E-state index < -0.39 is 14.7 Å². The molecule has 0 aromatic carbocycles. The van der Waals surface area contributed by atoms with Gasteiger partial charge in [-0.2, -0.15) is 26.3 Å². The van der Waals surface area contributed by atoms with Gasteiger partial charge < -0.3 is 0 Å². The second kappa shape index (κ2) is 2.93. The van der Waals surface area contributed by atoms with Crippen molar-refractivity contribution < 1.29 is 26.3 Å². The molecule has 0 aliphatic heterocycles. The summed E-state index contributed by atoms with van der Waals surface area (Å²) in [7, 11) is 0. The summed E-state index contributed by atoms with van der Waals surface area (Å²) in [6, 6.07) is 0. The Morgan fingerprint density at radius 2 is 1.18 bits per heavy atom. The van der Waals surface area contributed by atoms with Crippen molar-refractivity contribution in [1.82, 2.24) is 0 Å². The number of hydrogen-bond donors (Lipinski definition) is 0. The molecule has 0 nitrogen and oxygen atoms in total. The Kier molecular flexibility index (Phi) is 3.14.